The molecule has 0 atom stereocenters. The van der Waals surface area contributed by atoms with E-state index in [1.54, 1.807) is 13.8 Å². The van der Waals surface area contributed by atoms with Crippen LogP contribution >= 0.6 is 0 Å². The van der Waals surface area contributed by atoms with E-state index >= 15 is 0 Å². The average molecular weight is 396 g/mol. The van der Waals surface area contributed by atoms with Gasteiger partial charge in [0, 0.05) is 19.7 Å². The first-order chi connectivity index (χ1) is 13.1. The summed E-state index contributed by atoms with van der Waals surface area (Å²) in [4.78, 5) is 17.8. The van der Waals surface area contributed by atoms with E-state index in [9.17, 15) is 22.4 Å². The first kappa shape index (κ1) is 19.5. The van der Waals surface area contributed by atoms with Crippen LogP contribution in [0, 0.1) is 12.7 Å². The quantitative estimate of drug-likeness (QED) is 0.636. The van der Waals surface area contributed by atoms with Crippen LogP contribution in [-0.2, 0) is 13.2 Å². The normalized spacial score (nSPS) is 11.7. The smallest absolute Gasteiger partial charge is 0.305 e. The maximum absolute atomic E-state index is 13.4. The lowest BCUT2D eigenvalue weighted by molar-refractivity contribution is -0.144. The minimum Gasteiger partial charge on any atom is -0.305 e. The van der Waals surface area contributed by atoms with Crippen molar-refractivity contribution in [1.82, 2.24) is 24.5 Å². The van der Waals surface area contributed by atoms with Gasteiger partial charge in [-0.15, -0.1) is 0 Å². The summed E-state index contributed by atoms with van der Waals surface area (Å²) in [5.41, 5.74) is -0.687. The maximum Gasteiger partial charge on any atom is 0.433 e. The van der Waals surface area contributed by atoms with Crippen LogP contribution in [-0.4, -0.2) is 37.0 Å². The van der Waals surface area contributed by atoms with Gasteiger partial charge in [-0.1, -0.05) is 0 Å². The number of nitrogens with zero attached hydrogens (tertiary/aromatic N) is 6. The Bertz CT molecular complexity index is 1020. The molecule has 3 heterocycles. The maximum atomic E-state index is 13.4. The van der Waals surface area contributed by atoms with E-state index in [4.69, 9.17) is 0 Å². The Hall–Kier alpha value is -3.24. The van der Waals surface area contributed by atoms with Crippen molar-refractivity contribution >= 4 is 11.6 Å². The van der Waals surface area contributed by atoms with Gasteiger partial charge in [-0.05, 0) is 13.8 Å². The van der Waals surface area contributed by atoms with Gasteiger partial charge in [0.2, 0.25) is 0 Å². The monoisotopic (exact) mass is 396 g/mol. The van der Waals surface area contributed by atoms with Gasteiger partial charge in [0.05, 0.1) is 47.4 Å². The summed E-state index contributed by atoms with van der Waals surface area (Å²) >= 11 is 0. The predicted octanol–water partition coefficient (Wildman–Crippen LogP) is 3.13. The van der Waals surface area contributed by atoms with Crippen LogP contribution in [0.4, 0.5) is 23.2 Å². The van der Waals surface area contributed by atoms with Crippen molar-refractivity contribution < 1.29 is 22.4 Å². The molecular formula is C17H16F4N6O. The van der Waals surface area contributed by atoms with Crippen LogP contribution < -0.4 is 4.90 Å². The van der Waals surface area contributed by atoms with Crippen molar-refractivity contribution in [3.63, 3.8) is 0 Å². The number of aromatic nitrogens is 5. The zero-order valence-corrected chi connectivity index (χ0v) is 15.2. The third-order valence-corrected chi connectivity index (χ3v) is 4.12. The topological polar surface area (TPSA) is 68.8 Å². The molecule has 7 nitrogen and oxygen atoms in total. The van der Waals surface area contributed by atoms with Gasteiger partial charge in [0.15, 0.2) is 5.69 Å². The first-order valence-electron chi connectivity index (χ1n) is 8.21. The van der Waals surface area contributed by atoms with Crippen molar-refractivity contribution in [1.29, 1.82) is 0 Å². The van der Waals surface area contributed by atoms with E-state index in [0.717, 1.165) is 24.3 Å². The zero-order valence-electron chi connectivity index (χ0n) is 15.2. The van der Waals surface area contributed by atoms with Gasteiger partial charge in [-0.25, -0.2) is 9.07 Å². The summed E-state index contributed by atoms with van der Waals surface area (Å²) in [7, 11) is 1.12. The number of aryl methyl sites for hydroxylation is 2. The van der Waals surface area contributed by atoms with Gasteiger partial charge >= 0.3 is 6.18 Å². The fourth-order valence-electron chi connectivity index (χ4n) is 2.87. The van der Waals surface area contributed by atoms with Crippen LogP contribution in [0.5, 0.6) is 0 Å². The molecule has 148 valence electrons. The summed E-state index contributed by atoms with van der Waals surface area (Å²) in [6.07, 6.45) is 0.00693. The third kappa shape index (κ3) is 3.47. The molecule has 3 rings (SSSR count). The summed E-state index contributed by atoms with van der Waals surface area (Å²) < 4.78 is 55.3. The molecule has 0 aliphatic rings. The van der Waals surface area contributed by atoms with Crippen LogP contribution in [0.2, 0.25) is 0 Å². The fourth-order valence-corrected chi connectivity index (χ4v) is 2.87. The second-order valence-corrected chi connectivity index (χ2v) is 5.98. The number of carbonyl (C=O) groups is 1. The molecule has 0 saturated heterocycles. The van der Waals surface area contributed by atoms with Crippen molar-refractivity contribution in [2.45, 2.75) is 20.0 Å². The number of anilines is 1. The molecule has 0 saturated carbocycles. The molecule has 28 heavy (non-hydrogen) atoms. The number of rotatable bonds is 4. The number of amides is 1. The third-order valence-electron chi connectivity index (χ3n) is 4.12. The van der Waals surface area contributed by atoms with Gasteiger partial charge in [-0.2, -0.15) is 23.4 Å². The Morgan fingerprint density at radius 3 is 2.57 bits per heavy atom. The lowest BCUT2D eigenvalue weighted by Gasteiger charge is -2.20. The Balaban J connectivity index is 2.02. The minimum atomic E-state index is -4.73. The lowest BCUT2D eigenvalue weighted by Crippen LogP contribution is -2.32. The Morgan fingerprint density at radius 1 is 1.25 bits per heavy atom. The summed E-state index contributed by atoms with van der Waals surface area (Å²) in [5.74, 6) is -1.43. The molecule has 0 radical (unpaired) electrons. The molecule has 0 unspecified atom stereocenters. The Morgan fingerprint density at radius 2 is 1.96 bits per heavy atom. The zero-order chi connectivity index (χ0) is 20.6. The molecule has 0 aliphatic carbocycles. The van der Waals surface area contributed by atoms with E-state index < -0.39 is 29.2 Å². The number of hydrogen-bond acceptors (Lipinski definition) is 4. The molecule has 0 fully saturated rings. The SMILES string of the molecule is CCN(C(=O)c1cnn(C)c1C(F)(F)F)c1cn(-c2cncc(F)c2)nc1C. The van der Waals surface area contributed by atoms with E-state index in [0.29, 0.717) is 21.8 Å². The minimum absolute atomic E-state index is 0.0962. The van der Waals surface area contributed by atoms with Gasteiger partial charge in [0.1, 0.15) is 5.82 Å². The molecule has 0 aliphatic heterocycles. The highest BCUT2D eigenvalue weighted by Gasteiger charge is 2.40. The Labute approximate surface area is 157 Å². The number of carbonyl (C=O) groups excluding carboxylic acids is 1. The Kier molecular flexibility index (Phi) is 4.92. The molecule has 0 aromatic carbocycles. The number of hydrogen-bond donors (Lipinski definition) is 0. The molecule has 3 aromatic rings. The van der Waals surface area contributed by atoms with Crippen molar-refractivity contribution in [3.05, 3.63) is 53.6 Å². The number of alkyl halides is 3. The van der Waals surface area contributed by atoms with E-state index in [-0.39, 0.29) is 6.54 Å². The fraction of sp³-hybridized carbons (Fsp3) is 0.294. The van der Waals surface area contributed by atoms with Gasteiger partial charge < -0.3 is 4.90 Å². The van der Waals surface area contributed by atoms with Crippen LogP contribution in [0.3, 0.4) is 0 Å². The first-order valence-corrected chi connectivity index (χ1v) is 8.21. The molecule has 0 N–H and O–H groups in total. The van der Waals surface area contributed by atoms with Crippen LogP contribution in [0.25, 0.3) is 5.69 Å². The molecule has 0 bridgehead atoms. The van der Waals surface area contributed by atoms with E-state index in [2.05, 4.69) is 15.2 Å². The van der Waals surface area contributed by atoms with Crippen molar-refractivity contribution in [3.8, 4) is 5.69 Å². The molecule has 11 heteroatoms. The number of halogens is 4. The van der Waals surface area contributed by atoms with E-state index in [1.807, 2.05) is 0 Å². The summed E-state index contributed by atoms with van der Waals surface area (Å²) in [5, 5.41) is 7.79. The van der Waals surface area contributed by atoms with Gasteiger partial charge in [-0.3, -0.25) is 14.5 Å². The second-order valence-electron chi connectivity index (χ2n) is 5.98. The average Bonchev–Trinajstić information content (AvgIpc) is 3.19. The molecular weight excluding hydrogens is 380 g/mol. The highest BCUT2D eigenvalue weighted by molar-refractivity contribution is 6.07. The van der Waals surface area contributed by atoms with E-state index in [1.165, 1.54) is 23.1 Å². The van der Waals surface area contributed by atoms with Crippen LogP contribution in [0.15, 0.2) is 30.9 Å². The van der Waals surface area contributed by atoms with Crippen molar-refractivity contribution in [2.75, 3.05) is 11.4 Å². The second kappa shape index (κ2) is 7.06. The van der Waals surface area contributed by atoms with Crippen LogP contribution in [0.1, 0.15) is 28.7 Å². The standard InChI is InChI=1S/C17H16F4N6O/c1-4-26(16(28)13-8-23-25(3)15(13)17(19,20)21)14-9-27(24-10(14)2)12-5-11(18)6-22-7-12/h5-9H,4H2,1-3H3. The predicted molar refractivity (Wildman–Crippen MR) is 91.6 cm³/mol. The highest BCUT2D eigenvalue weighted by atomic mass is 19.4. The van der Waals surface area contributed by atoms with Gasteiger partial charge in [0.25, 0.3) is 5.91 Å². The van der Waals surface area contributed by atoms with Crippen molar-refractivity contribution in [2.24, 2.45) is 7.05 Å². The summed E-state index contributed by atoms with van der Waals surface area (Å²) in [6, 6.07) is 1.20. The molecule has 1 amide bonds. The largest absolute Gasteiger partial charge is 0.433 e. The lowest BCUT2D eigenvalue weighted by atomic mass is 10.2. The summed E-state index contributed by atoms with van der Waals surface area (Å²) in [6.45, 7) is 3.32. The molecule has 0 spiro atoms. The number of pyridine rings is 1. The highest BCUT2D eigenvalue weighted by Crippen LogP contribution is 2.33. The molecule has 3 aromatic heterocycles.